The Morgan fingerprint density at radius 1 is 1.59 bits per heavy atom. The minimum absolute atomic E-state index is 0.453. The Morgan fingerprint density at radius 3 is 3.12 bits per heavy atom. The Labute approximate surface area is 102 Å². The van der Waals surface area contributed by atoms with E-state index in [1.54, 1.807) is 6.20 Å². The van der Waals surface area contributed by atoms with Gasteiger partial charge in [0.15, 0.2) is 5.69 Å². The van der Waals surface area contributed by atoms with Crippen LogP contribution in [0.3, 0.4) is 0 Å². The molecule has 2 heterocycles. The number of piperidine rings is 1. The number of hydrogen-bond acceptors (Lipinski definition) is 4. The predicted molar refractivity (Wildman–Crippen MR) is 67.5 cm³/mol. The van der Waals surface area contributed by atoms with Crippen molar-refractivity contribution < 1.29 is 0 Å². The summed E-state index contributed by atoms with van der Waals surface area (Å²) in [5, 5.41) is 9.09. The molecule has 0 aromatic carbocycles. The summed E-state index contributed by atoms with van der Waals surface area (Å²) in [6.45, 7) is 3.84. The van der Waals surface area contributed by atoms with Gasteiger partial charge in [-0.05, 0) is 44.4 Å². The average molecular weight is 230 g/mol. The highest BCUT2D eigenvalue weighted by Crippen LogP contribution is 2.28. The first-order chi connectivity index (χ1) is 8.26. The fraction of sp³-hybridized carbons (Fsp3) is 0.538. The molecule has 1 aliphatic heterocycles. The number of nitriles is 1. The highest BCUT2D eigenvalue weighted by Gasteiger charge is 2.26. The van der Waals surface area contributed by atoms with E-state index in [9.17, 15) is 0 Å². The van der Waals surface area contributed by atoms with Crippen molar-refractivity contribution in [3.8, 4) is 6.07 Å². The maximum atomic E-state index is 9.09. The van der Waals surface area contributed by atoms with Crippen molar-refractivity contribution in [2.75, 3.05) is 18.0 Å². The molecule has 1 aromatic heterocycles. The van der Waals surface area contributed by atoms with Gasteiger partial charge in [-0.15, -0.1) is 0 Å². The summed E-state index contributed by atoms with van der Waals surface area (Å²) in [6, 6.07) is 6.47. The topological polar surface area (TPSA) is 65.9 Å². The summed E-state index contributed by atoms with van der Waals surface area (Å²) in [7, 11) is 0. The normalized spacial score (nSPS) is 24.4. The number of rotatable bonds is 2. The molecular formula is C13H18N4. The van der Waals surface area contributed by atoms with E-state index < -0.39 is 0 Å². The Hall–Kier alpha value is -1.60. The van der Waals surface area contributed by atoms with E-state index in [2.05, 4.69) is 22.9 Å². The fourth-order valence-corrected chi connectivity index (χ4v) is 2.43. The van der Waals surface area contributed by atoms with E-state index in [-0.39, 0.29) is 0 Å². The third-order valence-electron chi connectivity index (χ3n) is 3.51. The van der Waals surface area contributed by atoms with Crippen molar-refractivity contribution in [3.63, 3.8) is 0 Å². The molecule has 0 saturated carbocycles. The van der Waals surface area contributed by atoms with Crippen molar-refractivity contribution in [1.82, 2.24) is 4.98 Å². The maximum absolute atomic E-state index is 9.09. The zero-order valence-corrected chi connectivity index (χ0v) is 10.1. The molecule has 2 N–H and O–H groups in total. The molecule has 0 bridgehead atoms. The monoisotopic (exact) mass is 230 g/mol. The summed E-state index contributed by atoms with van der Waals surface area (Å²) in [5.74, 6) is 0.526. The second-order valence-electron chi connectivity index (χ2n) is 4.66. The van der Waals surface area contributed by atoms with Gasteiger partial charge < -0.3 is 10.6 Å². The van der Waals surface area contributed by atoms with Crippen LogP contribution in [-0.4, -0.2) is 24.1 Å². The van der Waals surface area contributed by atoms with Gasteiger partial charge in [0.1, 0.15) is 6.07 Å². The molecule has 2 atom stereocenters. The zero-order valence-electron chi connectivity index (χ0n) is 10.1. The second kappa shape index (κ2) is 5.15. The molecule has 0 amide bonds. The van der Waals surface area contributed by atoms with Gasteiger partial charge in [0.2, 0.25) is 0 Å². The molecule has 17 heavy (non-hydrogen) atoms. The first kappa shape index (κ1) is 11.9. The molecule has 4 nitrogen and oxygen atoms in total. The van der Waals surface area contributed by atoms with E-state index in [0.29, 0.717) is 24.2 Å². The molecule has 0 radical (unpaired) electrons. The minimum Gasteiger partial charge on any atom is -0.366 e. The molecule has 2 rings (SSSR count). The molecule has 4 heteroatoms. The molecule has 0 aliphatic carbocycles. The van der Waals surface area contributed by atoms with Crippen molar-refractivity contribution in [3.05, 3.63) is 24.0 Å². The maximum Gasteiger partial charge on any atom is 0.163 e. The zero-order chi connectivity index (χ0) is 12.3. The van der Waals surface area contributed by atoms with Crippen LogP contribution >= 0.6 is 0 Å². The van der Waals surface area contributed by atoms with Crippen LogP contribution in [0.2, 0.25) is 0 Å². The molecule has 1 aromatic rings. The van der Waals surface area contributed by atoms with Crippen molar-refractivity contribution in [2.45, 2.75) is 25.8 Å². The van der Waals surface area contributed by atoms with Gasteiger partial charge in [-0.25, -0.2) is 4.98 Å². The third kappa shape index (κ3) is 2.40. The van der Waals surface area contributed by atoms with Crippen LogP contribution in [0.15, 0.2) is 18.3 Å². The lowest BCUT2D eigenvalue weighted by Crippen LogP contribution is -2.44. The van der Waals surface area contributed by atoms with Gasteiger partial charge in [-0.1, -0.05) is 0 Å². The lowest BCUT2D eigenvalue weighted by molar-refractivity contribution is 0.373. The Kier molecular flexibility index (Phi) is 3.60. The predicted octanol–water partition coefficient (Wildman–Crippen LogP) is 1.52. The summed E-state index contributed by atoms with van der Waals surface area (Å²) in [6.07, 6.45) is 3.97. The second-order valence-corrected chi connectivity index (χ2v) is 4.66. The number of hydrogen-bond donors (Lipinski definition) is 1. The van der Waals surface area contributed by atoms with Gasteiger partial charge >= 0.3 is 0 Å². The van der Waals surface area contributed by atoms with Crippen molar-refractivity contribution in [2.24, 2.45) is 11.7 Å². The van der Waals surface area contributed by atoms with Gasteiger partial charge in [-0.2, -0.15) is 5.26 Å². The summed E-state index contributed by atoms with van der Waals surface area (Å²) in [5.41, 5.74) is 7.21. The van der Waals surface area contributed by atoms with E-state index in [4.69, 9.17) is 11.0 Å². The van der Waals surface area contributed by atoms with Crippen LogP contribution in [0.25, 0.3) is 0 Å². The number of nitrogens with two attached hydrogens (primary N) is 1. The van der Waals surface area contributed by atoms with Crippen LogP contribution in [0.4, 0.5) is 5.69 Å². The lowest BCUT2D eigenvalue weighted by Gasteiger charge is -2.39. The SMILES string of the molecule is CC1CCC(CN)CN1c1cccnc1C#N. The van der Waals surface area contributed by atoms with Crippen LogP contribution in [0.1, 0.15) is 25.5 Å². The summed E-state index contributed by atoms with van der Waals surface area (Å²) >= 11 is 0. The number of anilines is 1. The first-order valence-electron chi connectivity index (χ1n) is 6.08. The third-order valence-corrected chi connectivity index (χ3v) is 3.51. The molecule has 1 aliphatic rings. The molecule has 0 spiro atoms. The first-order valence-corrected chi connectivity index (χ1v) is 6.08. The van der Waals surface area contributed by atoms with Gasteiger partial charge in [0, 0.05) is 18.8 Å². The minimum atomic E-state index is 0.453. The van der Waals surface area contributed by atoms with E-state index in [0.717, 1.165) is 18.7 Å². The molecular weight excluding hydrogens is 212 g/mol. The van der Waals surface area contributed by atoms with Gasteiger partial charge in [0.05, 0.1) is 5.69 Å². The molecule has 1 saturated heterocycles. The quantitative estimate of drug-likeness (QED) is 0.836. The average Bonchev–Trinajstić information content (AvgIpc) is 2.39. The summed E-state index contributed by atoms with van der Waals surface area (Å²) in [4.78, 5) is 6.39. The fourth-order valence-electron chi connectivity index (χ4n) is 2.43. The molecule has 90 valence electrons. The van der Waals surface area contributed by atoms with Crippen LogP contribution < -0.4 is 10.6 Å². The van der Waals surface area contributed by atoms with E-state index >= 15 is 0 Å². The van der Waals surface area contributed by atoms with E-state index in [1.165, 1.54) is 6.42 Å². The Bertz CT molecular complexity index is 424. The van der Waals surface area contributed by atoms with E-state index in [1.807, 2.05) is 12.1 Å². The molecule has 2 unspecified atom stereocenters. The van der Waals surface area contributed by atoms with Crippen LogP contribution in [-0.2, 0) is 0 Å². The number of aromatic nitrogens is 1. The molecule has 1 fully saturated rings. The lowest BCUT2D eigenvalue weighted by atomic mass is 9.93. The smallest absolute Gasteiger partial charge is 0.163 e. The highest BCUT2D eigenvalue weighted by molar-refractivity contribution is 5.56. The largest absolute Gasteiger partial charge is 0.366 e. The van der Waals surface area contributed by atoms with Gasteiger partial charge in [-0.3, -0.25) is 0 Å². The highest BCUT2D eigenvalue weighted by atomic mass is 15.2. The van der Waals surface area contributed by atoms with Crippen LogP contribution in [0.5, 0.6) is 0 Å². The Morgan fingerprint density at radius 2 is 2.41 bits per heavy atom. The number of pyridine rings is 1. The van der Waals surface area contributed by atoms with Gasteiger partial charge in [0.25, 0.3) is 0 Å². The van der Waals surface area contributed by atoms with Crippen molar-refractivity contribution in [1.29, 1.82) is 5.26 Å². The Balaban J connectivity index is 2.28. The summed E-state index contributed by atoms with van der Waals surface area (Å²) < 4.78 is 0. The van der Waals surface area contributed by atoms with Crippen LogP contribution in [0, 0.1) is 17.2 Å². The number of nitrogens with zero attached hydrogens (tertiary/aromatic N) is 3. The standard InChI is InChI=1S/C13H18N4/c1-10-4-5-11(7-14)9-17(10)13-3-2-6-16-12(13)8-15/h2-3,6,10-11H,4-5,7,9,14H2,1H3. The van der Waals surface area contributed by atoms with Crippen molar-refractivity contribution >= 4 is 5.69 Å².